The summed E-state index contributed by atoms with van der Waals surface area (Å²) in [7, 11) is 0. The Kier molecular flexibility index (Phi) is 6.19. The Morgan fingerprint density at radius 2 is 1.70 bits per heavy atom. The summed E-state index contributed by atoms with van der Waals surface area (Å²) in [6.45, 7) is 11.6. The predicted octanol–water partition coefficient (Wildman–Crippen LogP) is 2.30. The minimum absolute atomic E-state index is 0.128. The largest absolute Gasteiger partial charge is 0.463 e. The van der Waals surface area contributed by atoms with Gasteiger partial charge in [0, 0.05) is 6.54 Å². The Hall–Kier alpha value is -1.59. The number of amides is 1. The second-order valence-electron chi connectivity index (χ2n) is 8.22. The number of likely N-dealkylation sites (tertiary alicyclic amines) is 1. The molecule has 0 aromatic carbocycles. The highest BCUT2D eigenvalue weighted by Crippen LogP contribution is 2.22. The van der Waals surface area contributed by atoms with Crippen LogP contribution < -0.4 is 0 Å². The third kappa shape index (κ3) is 7.01. The van der Waals surface area contributed by atoms with Crippen LogP contribution in [0.3, 0.4) is 0 Å². The highest BCUT2D eigenvalue weighted by molar-refractivity contribution is 6.32. The fraction of sp³-hybridized carbons (Fsp3) is 0.824. The first-order valence-electron chi connectivity index (χ1n) is 8.09. The number of ether oxygens (including phenoxy) is 2. The molecule has 0 N–H and O–H groups in total. The van der Waals surface area contributed by atoms with E-state index in [1.54, 1.807) is 20.8 Å². The van der Waals surface area contributed by atoms with E-state index < -0.39 is 17.5 Å². The molecular weight excluding hydrogens is 298 g/mol. The second kappa shape index (κ2) is 7.32. The number of nitrogens with zero attached hydrogens (tertiary/aromatic N) is 1. The van der Waals surface area contributed by atoms with E-state index in [1.165, 1.54) is 4.90 Å². The lowest BCUT2D eigenvalue weighted by Gasteiger charge is -2.26. The summed E-state index contributed by atoms with van der Waals surface area (Å²) >= 11 is 0. The first-order valence-corrected chi connectivity index (χ1v) is 8.09. The van der Waals surface area contributed by atoms with Crippen molar-refractivity contribution in [3.05, 3.63) is 0 Å². The molecule has 0 saturated carbocycles. The fourth-order valence-electron chi connectivity index (χ4n) is 2.39. The number of rotatable bonds is 3. The molecule has 0 spiro atoms. The first-order chi connectivity index (χ1) is 10.4. The molecule has 1 atom stereocenters. The van der Waals surface area contributed by atoms with Gasteiger partial charge in [-0.15, -0.1) is 0 Å². The van der Waals surface area contributed by atoms with Gasteiger partial charge in [-0.3, -0.25) is 9.59 Å². The third-order valence-corrected chi connectivity index (χ3v) is 3.32. The second-order valence-corrected chi connectivity index (χ2v) is 8.22. The van der Waals surface area contributed by atoms with Gasteiger partial charge in [0.2, 0.25) is 0 Å². The topological polar surface area (TPSA) is 72.9 Å². The summed E-state index contributed by atoms with van der Waals surface area (Å²) in [4.78, 5) is 37.4. The van der Waals surface area contributed by atoms with E-state index in [1.807, 2.05) is 20.8 Å². The van der Waals surface area contributed by atoms with Gasteiger partial charge in [-0.1, -0.05) is 20.8 Å². The molecule has 0 aromatic rings. The van der Waals surface area contributed by atoms with Gasteiger partial charge in [0.1, 0.15) is 12.2 Å². The van der Waals surface area contributed by atoms with Crippen LogP contribution in [0.1, 0.15) is 60.8 Å². The summed E-state index contributed by atoms with van der Waals surface area (Å²) in [6.07, 6.45) is 1.83. The van der Waals surface area contributed by atoms with Crippen molar-refractivity contribution in [2.24, 2.45) is 5.41 Å². The molecule has 1 rings (SSSR count). The van der Waals surface area contributed by atoms with Crippen LogP contribution in [0.2, 0.25) is 0 Å². The Labute approximate surface area is 138 Å². The Morgan fingerprint density at radius 3 is 2.22 bits per heavy atom. The smallest absolute Gasteiger partial charge is 0.397 e. The number of esters is 2. The predicted molar refractivity (Wildman–Crippen MR) is 85.6 cm³/mol. The third-order valence-electron chi connectivity index (χ3n) is 3.32. The van der Waals surface area contributed by atoms with Crippen molar-refractivity contribution in [2.75, 3.05) is 13.2 Å². The molecular formula is C17H29NO5. The van der Waals surface area contributed by atoms with Gasteiger partial charge in [-0.25, -0.2) is 4.79 Å². The van der Waals surface area contributed by atoms with Crippen LogP contribution in [-0.2, 0) is 23.9 Å². The van der Waals surface area contributed by atoms with Gasteiger partial charge >= 0.3 is 17.8 Å². The molecule has 0 bridgehead atoms. The molecule has 1 fully saturated rings. The molecule has 6 nitrogen and oxygen atoms in total. The lowest BCUT2D eigenvalue weighted by Crippen LogP contribution is -2.44. The molecule has 1 aliphatic rings. The molecule has 1 amide bonds. The van der Waals surface area contributed by atoms with Crippen LogP contribution >= 0.6 is 0 Å². The normalized spacial score (nSPS) is 18.7. The molecule has 6 heteroatoms. The van der Waals surface area contributed by atoms with E-state index in [2.05, 4.69) is 0 Å². The van der Waals surface area contributed by atoms with E-state index in [-0.39, 0.29) is 24.0 Å². The van der Waals surface area contributed by atoms with Crippen molar-refractivity contribution < 1.29 is 23.9 Å². The summed E-state index contributed by atoms with van der Waals surface area (Å²) in [5.74, 6) is -1.80. The minimum atomic E-state index is -0.856. The quantitative estimate of drug-likeness (QED) is 0.587. The van der Waals surface area contributed by atoms with Gasteiger partial charge in [-0.05, 0) is 39.0 Å². The van der Waals surface area contributed by atoms with Crippen molar-refractivity contribution >= 4 is 17.8 Å². The molecule has 1 heterocycles. The Balaban J connectivity index is 2.55. The Bertz CT molecular complexity index is 459. The van der Waals surface area contributed by atoms with E-state index in [9.17, 15) is 14.4 Å². The molecule has 1 saturated heterocycles. The van der Waals surface area contributed by atoms with Crippen LogP contribution in [-0.4, -0.2) is 47.5 Å². The molecule has 0 unspecified atom stereocenters. The van der Waals surface area contributed by atoms with Crippen LogP contribution in [0.25, 0.3) is 0 Å². The highest BCUT2D eigenvalue weighted by atomic mass is 16.6. The zero-order valence-corrected chi connectivity index (χ0v) is 15.1. The van der Waals surface area contributed by atoms with Gasteiger partial charge < -0.3 is 14.4 Å². The molecule has 0 aromatic heterocycles. The van der Waals surface area contributed by atoms with Crippen LogP contribution in [0.15, 0.2) is 0 Å². The average Bonchev–Trinajstić information content (AvgIpc) is 2.79. The maximum Gasteiger partial charge on any atom is 0.397 e. The maximum atomic E-state index is 12.2. The van der Waals surface area contributed by atoms with Gasteiger partial charge in [0.05, 0.1) is 12.5 Å². The summed E-state index contributed by atoms with van der Waals surface area (Å²) in [5, 5.41) is 0. The van der Waals surface area contributed by atoms with Gasteiger partial charge in [0.15, 0.2) is 0 Å². The molecule has 132 valence electrons. The monoisotopic (exact) mass is 327 g/mol. The SMILES string of the molecule is CC(C)(C)CC(=O)OC[C@H]1CCCN1C(=O)C(=O)OC(C)(C)C. The zero-order chi connectivity index (χ0) is 17.8. The van der Waals surface area contributed by atoms with Crippen LogP contribution in [0.5, 0.6) is 0 Å². The van der Waals surface area contributed by atoms with Crippen LogP contribution in [0.4, 0.5) is 0 Å². The number of hydrogen-bond acceptors (Lipinski definition) is 5. The zero-order valence-electron chi connectivity index (χ0n) is 15.1. The number of carbonyl (C=O) groups excluding carboxylic acids is 3. The van der Waals surface area contributed by atoms with Crippen molar-refractivity contribution in [2.45, 2.75) is 72.4 Å². The summed E-state index contributed by atoms with van der Waals surface area (Å²) in [6, 6.07) is -0.251. The summed E-state index contributed by atoms with van der Waals surface area (Å²) in [5.41, 5.74) is -0.847. The Morgan fingerprint density at radius 1 is 1.09 bits per heavy atom. The van der Waals surface area contributed by atoms with Crippen molar-refractivity contribution in [3.8, 4) is 0 Å². The van der Waals surface area contributed by atoms with E-state index in [0.717, 1.165) is 12.8 Å². The number of hydrogen-bond donors (Lipinski definition) is 0. The first kappa shape index (κ1) is 19.5. The van der Waals surface area contributed by atoms with Gasteiger partial charge in [0.25, 0.3) is 0 Å². The van der Waals surface area contributed by atoms with E-state index >= 15 is 0 Å². The molecule has 1 aliphatic heterocycles. The minimum Gasteiger partial charge on any atom is -0.463 e. The highest BCUT2D eigenvalue weighted by Gasteiger charge is 2.35. The fourth-order valence-corrected chi connectivity index (χ4v) is 2.39. The lowest BCUT2D eigenvalue weighted by atomic mass is 9.92. The molecule has 0 radical (unpaired) electrons. The van der Waals surface area contributed by atoms with E-state index in [4.69, 9.17) is 9.47 Å². The molecule has 0 aliphatic carbocycles. The standard InChI is InChI=1S/C17H29NO5/c1-16(2,3)10-13(19)22-11-12-8-7-9-18(12)14(20)15(21)23-17(4,5)6/h12H,7-11H2,1-6H3/t12-/m1/s1. The maximum absolute atomic E-state index is 12.2. The van der Waals surface area contributed by atoms with Crippen LogP contribution in [0, 0.1) is 5.41 Å². The average molecular weight is 327 g/mol. The van der Waals surface area contributed by atoms with Crippen molar-refractivity contribution in [1.29, 1.82) is 0 Å². The van der Waals surface area contributed by atoms with Gasteiger partial charge in [-0.2, -0.15) is 0 Å². The number of carbonyl (C=O) groups is 3. The van der Waals surface area contributed by atoms with Crippen molar-refractivity contribution in [3.63, 3.8) is 0 Å². The lowest BCUT2D eigenvalue weighted by molar-refractivity contribution is -0.169. The van der Waals surface area contributed by atoms with E-state index in [0.29, 0.717) is 13.0 Å². The van der Waals surface area contributed by atoms with Crippen molar-refractivity contribution in [1.82, 2.24) is 4.90 Å². The summed E-state index contributed by atoms with van der Waals surface area (Å²) < 4.78 is 10.4. The molecule has 23 heavy (non-hydrogen) atoms.